The van der Waals surface area contributed by atoms with Crippen LogP contribution in [0, 0.1) is 12.7 Å². The number of aryl methyl sites for hydroxylation is 1. The Bertz CT molecular complexity index is 1520. The van der Waals surface area contributed by atoms with Crippen LogP contribution in [0.25, 0.3) is 10.2 Å². The molecule has 0 bridgehead atoms. The molecule has 0 aliphatic heterocycles. The number of nitrogens with zero attached hydrogens (tertiary/aromatic N) is 2. The monoisotopic (exact) mass is 499 g/mol. The second-order valence-electron chi connectivity index (χ2n) is 7.53. The molecule has 3 aromatic carbocycles. The minimum atomic E-state index is -3.82. The first-order valence-corrected chi connectivity index (χ1v) is 12.6. The van der Waals surface area contributed by atoms with Crippen LogP contribution < -0.4 is 9.52 Å². The van der Waals surface area contributed by atoms with E-state index in [1.165, 1.54) is 42.7 Å². The number of aromatic nitrogens is 1. The number of sulfonamides is 1. The Balaban J connectivity index is 1.67. The van der Waals surface area contributed by atoms with Gasteiger partial charge in [-0.15, -0.1) is 0 Å². The minimum absolute atomic E-state index is 0.117. The van der Waals surface area contributed by atoms with Crippen LogP contribution in [0.2, 0.25) is 0 Å². The van der Waals surface area contributed by atoms with Crippen molar-refractivity contribution in [1.29, 1.82) is 0 Å². The Labute approximate surface area is 200 Å². The van der Waals surface area contributed by atoms with Crippen molar-refractivity contribution in [2.45, 2.75) is 18.4 Å². The molecule has 0 aliphatic rings. The third-order valence-electron chi connectivity index (χ3n) is 5.06. The van der Waals surface area contributed by atoms with Gasteiger partial charge in [0.25, 0.3) is 15.9 Å². The van der Waals surface area contributed by atoms with Crippen LogP contribution in [0.5, 0.6) is 0 Å². The van der Waals surface area contributed by atoms with E-state index in [4.69, 9.17) is 4.74 Å². The van der Waals surface area contributed by atoms with Crippen molar-refractivity contribution < 1.29 is 22.3 Å². The number of methoxy groups -OCH3 is 1. The summed E-state index contributed by atoms with van der Waals surface area (Å²) in [6.45, 7) is 2.50. The zero-order valence-corrected chi connectivity index (χ0v) is 20.1. The highest BCUT2D eigenvalue weighted by atomic mass is 32.2. The lowest BCUT2D eigenvalue weighted by molar-refractivity contribution is 0.0997. The number of anilines is 1. The second-order valence-corrected chi connectivity index (χ2v) is 10.2. The molecule has 0 saturated carbocycles. The number of amides is 1. The molecule has 0 fully saturated rings. The van der Waals surface area contributed by atoms with Gasteiger partial charge in [0.05, 0.1) is 21.7 Å². The van der Waals surface area contributed by atoms with Gasteiger partial charge in [0.15, 0.2) is 4.80 Å². The lowest BCUT2D eigenvalue weighted by atomic mass is 10.2. The van der Waals surface area contributed by atoms with Crippen molar-refractivity contribution in [2.75, 3.05) is 18.4 Å². The van der Waals surface area contributed by atoms with Gasteiger partial charge >= 0.3 is 0 Å². The number of hydrogen-bond donors (Lipinski definition) is 1. The van der Waals surface area contributed by atoms with Gasteiger partial charge in [-0.3, -0.25) is 9.52 Å². The van der Waals surface area contributed by atoms with E-state index < -0.39 is 21.7 Å². The summed E-state index contributed by atoms with van der Waals surface area (Å²) in [4.78, 5) is 17.6. The molecular weight excluding hydrogens is 477 g/mol. The molecule has 1 aromatic heterocycles. The quantitative estimate of drug-likeness (QED) is 0.410. The van der Waals surface area contributed by atoms with Gasteiger partial charge in [-0.1, -0.05) is 41.2 Å². The van der Waals surface area contributed by atoms with E-state index in [1.807, 2.05) is 6.92 Å². The number of rotatable bonds is 7. The second kappa shape index (κ2) is 9.88. The van der Waals surface area contributed by atoms with Crippen molar-refractivity contribution in [1.82, 2.24) is 4.57 Å². The highest BCUT2D eigenvalue weighted by Gasteiger charge is 2.16. The molecule has 0 radical (unpaired) electrons. The first kappa shape index (κ1) is 23.8. The molecule has 4 rings (SSSR count). The summed E-state index contributed by atoms with van der Waals surface area (Å²) in [6.07, 6.45) is 0. The SMILES string of the molecule is COCCn1c(=NC(=O)c2cccc(NS(=O)(=O)c3ccc(C)cc3)c2)sc2cccc(F)c21. The average Bonchev–Trinajstić information content (AvgIpc) is 3.16. The molecule has 1 amide bonds. The van der Waals surface area contributed by atoms with Crippen LogP contribution in [0.3, 0.4) is 0 Å². The fraction of sp³-hybridized carbons (Fsp3) is 0.167. The Morgan fingerprint density at radius 1 is 1.12 bits per heavy atom. The normalized spacial score (nSPS) is 12.3. The van der Waals surface area contributed by atoms with Gasteiger partial charge in [-0.25, -0.2) is 12.8 Å². The lowest BCUT2D eigenvalue weighted by Crippen LogP contribution is -2.20. The predicted molar refractivity (Wildman–Crippen MR) is 130 cm³/mol. The Kier molecular flexibility index (Phi) is 6.92. The maximum atomic E-state index is 14.5. The van der Waals surface area contributed by atoms with E-state index in [1.54, 1.807) is 47.0 Å². The van der Waals surface area contributed by atoms with Crippen LogP contribution in [0.4, 0.5) is 10.1 Å². The Morgan fingerprint density at radius 3 is 2.59 bits per heavy atom. The number of ether oxygens (including phenoxy) is 1. The maximum absolute atomic E-state index is 14.5. The summed E-state index contributed by atoms with van der Waals surface area (Å²) < 4.78 is 49.7. The number of hydrogen-bond acceptors (Lipinski definition) is 5. The Morgan fingerprint density at radius 2 is 1.85 bits per heavy atom. The topological polar surface area (TPSA) is 89.8 Å². The van der Waals surface area contributed by atoms with Crippen molar-refractivity contribution in [3.8, 4) is 0 Å². The molecule has 0 atom stereocenters. The summed E-state index contributed by atoms with van der Waals surface area (Å²) >= 11 is 1.19. The number of carbonyl (C=O) groups excluding carboxylic acids is 1. The van der Waals surface area contributed by atoms with E-state index in [9.17, 15) is 17.6 Å². The molecule has 0 unspecified atom stereocenters. The molecule has 176 valence electrons. The number of benzene rings is 3. The number of halogens is 1. The van der Waals surface area contributed by atoms with Gasteiger partial charge in [0.2, 0.25) is 0 Å². The zero-order valence-electron chi connectivity index (χ0n) is 18.5. The molecule has 0 saturated heterocycles. The minimum Gasteiger partial charge on any atom is -0.383 e. The van der Waals surface area contributed by atoms with Crippen molar-refractivity contribution in [2.24, 2.45) is 4.99 Å². The smallest absolute Gasteiger partial charge is 0.279 e. The summed E-state index contributed by atoms with van der Waals surface area (Å²) in [5.74, 6) is -0.985. The molecule has 7 nitrogen and oxygen atoms in total. The fourth-order valence-electron chi connectivity index (χ4n) is 3.36. The van der Waals surface area contributed by atoms with Gasteiger partial charge in [0.1, 0.15) is 5.82 Å². The number of nitrogens with one attached hydrogen (secondary N) is 1. The van der Waals surface area contributed by atoms with Crippen LogP contribution in [-0.2, 0) is 21.3 Å². The van der Waals surface area contributed by atoms with Crippen molar-refractivity contribution in [3.63, 3.8) is 0 Å². The molecule has 34 heavy (non-hydrogen) atoms. The van der Waals surface area contributed by atoms with E-state index in [0.29, 0.717) is 28.2 Å². The third-order valence-corrected chi connectivity index (χ3v) is 7.50. The highest BCUT2D eigenvalue weighted by molar-refractivity contribution is 7.92. The van der Waals surface area contributed by atoms with Crippen molar-refractivity contribution in [3.05, 3.63) is 88.5 Å². The van der Waals surface area contributed by atoms with Gasteiger partial charge in [0, 0.05) is 24.9 Å². The van der Waals surface area contributed by atoms with E-state index >= 15 is 0 Å². The van der Waals surface area contributed by atoms with Crippen LogP contribution in [0.1, 0.15) is 15.9 Å². The van der Waals surface area contributed by atoms with Crippen LogP contribution in [-0.4, -0.2) is 32.6 Å². The van der Waals surface area contributed by atoms with Crippen LogP contribution in [0.15, 0.2) is 76.6 Å². The first-order valence-electron chi connectivity index (χ1n) is 10.3. The lowest BCUT2D eigenvalue weighted by Gasteiger charge is -2.09. The standard InChI is InChI=1S/C24H22FN3O4S2/c1-16-9-11-19(12-10-16)34(30,31)27-18-6-3-5-17(15-18)23(29)26-24-28(13-14-32-2)22-20(25)7-4-8-21(22)33-24/h3-12,15,27H,13-14H2,1-2H3. The molecule has 10 heteroatoms. The summed E-state index contributed by atoms with van der Waals surface area (Å²) in [5.41, 5.74) is 1.73. The number of fused-ring (bicyclic) bond motifs is 1. The molecular formula is C24H22FN3O4S2. The summed E-state index contributed by atoms with van der Waals surface area (Å²) in [7, 11) is -2.28. The first-order chi connectivity index (χ1) is 16.3. The van der Waals surface area contributed by atoms with E-state index in [2.05, 4.69) is 9.71 Å². The molecule has 0 aliphatic carbocycles. The van der Waals surface area contributed by atoms with E-state index in [-0.39, 0.29) is 16.1 Å². The fourth-order valence-corrected chi connectivity index (χ4v) is 5.48. The number of thiazole rings is 1. The maximum Gasteiger partial charge on any atom is 0.279 e. The van der Waals surface area contributed by atoms with Crippen LogP contribution >= 0.6 is 11.3 Å². The molecule has 4 aromatic rings. The zero-order chi connectivity index (χ0) is 24.3. The van der Waals surface area contributed by atoms with Gasteiger partial charge < -0.3 is 9.30 Å². The third kappa shape index (κ3) is 5.09. The van der Waals surface area contributed by atoms with Gasteiger partial charge in [-0.2, -0.15) is 4.99 Å². The average molecular weight is 500 g/mol. The Hall–Kier alpha value is -3.34. The summed E-state index contributed by atoms with van der Waals surface area (Å²) in [6, 6.07) is 17.3. The summed E-state index contributed by atoms with van der Waals surface area (Å²) in [5, 5.41) is 0. The molecule has 1 N–H and O–H groups in total. The number of carbonyl (C=O) groups is 1. The highest BCUT2D eigenvalue weighted by Crippen LogP contribution is 2.21. The van der Waals surface area contributed by atoms with Crippen molar-refractivity contribution >= 4 is 43.2 Å². The van der Waals surface area contributed by atoms with E-state index in [0.717, 1.165) is 5.56 Å². The number of para-hydroxylation sites is 1. The largest absolute Gasteiger partial charge is 0.383 e. The van der Waals surface area contributed by atoms with Gasteiger partial charge in [-0.05, 0) is 49.4 Å². The molecule has 1 heterocycles. The molecule has 0 spiro atoms. The predicted octanol–water partition coefficient (Wildman–Crippen LogP) is 4.34.